The van der Waals surface area contributed by atoms with Gasteiger partial charge >= 0.3 is 0 Å². The van der Waals surface area contributed by atoms with E-state index < -0.39 is 18.0 Å². The summed E-state index contributed by atoms with van der Waals surface area (Å²) in [7, 11) is 0. The van der Waals surface area contributed by atoms with Gasteiger partial charge in [-0.3, -0.25) is 34.1 Å². The second kappa shape index (κ2) is 6.73. The summed E-state index contributed by atoms with van der Waals surface area (Å²) in [5.74, 6) is -1.12. The van der Waals surface area contributed by atoms with Crippen molar-refractivity contribution in [2.75, 3.05) is 13.3 Å². The summed E-state index contributed by atoms with van der Waals surface area (Å²) < 4.78 is 0. The molecule has 1 aromatic heterocycles. The number of rotatable bonds is 6. The molecule has 8 nitrogen and oxygen atoms in total. The molecular formula is C16H16N4O4. The summed E-state index contributed by atoms with van der Waals surface area (Å²) in [5, 5.41) is 9.86. The number of nitrogens with zero attached hydrogens (tertiary/aromatic N) is 4. The minimum Gasteiger partial charge on any atom is -0.370 e. The van der Waals surface area contributed by atoms with E-state index in [1.807, 2.05) is 6.07 Å². The second-order valence-electron chi connectivity index (χ2n) is 5.49. The number of carbonyl (C=O) groups excluding carboxylic acids is 3. The maximum Gasteiger partial charge on any atom is 0.254 e. The maximum atomic E-state index is 11.8. The van der Waals surface area contributed by atoms with Gasteiger partial charge in [-0.1, -0.05) is 6.07 Å². The molecule has 0 aromatic carbocycles. The molecule has 0 saturated heterocycles. The van der Waals surface area contributed by atoms with Gasteiger partial charge in [0.2, 0.25) is 5.91 Å². The van der Waals surface area contributed by atoms with Gasteiger partial charge in [0.1, 0.15) is 6.23 Å². The standard InChI is InChI=1S/C16H16N4O4/c21-13-3-4-14(22)19(13)10-18(9-12-2-1-7-17-8-12)11-20-15(23)5-6-16(20)24/h1-8,13,21H,9-11H2. The molecule has 1 aromatic rings. The lowest BCUT2D eigenvalue weighted by Crippen LogP contribution is -2.48. The number of imide groups is 1. The second-order valence-corrected chi connectivity index (χ2v) is 5.49. The Morgan fingerprint density at radius 3 is 2.42 bits per heavy atom. The van der Waals surface area contributed by atoms with Gasteiger partial charge in [0.05, 0.1) is 13.3 Å². The first kappa shape index (κ1) is 16.0. The highest BCUT2D eigenvalue weighted by molar-refractivity contribution is 6.12. The van der Waals surface area contributed by atoms with Gasteiger partial charge < -0.3 is 5.11 Å². The molecule has 0 saturated carbocycles. The van der Waals surface area contributed by atoms with Gasteiger partial charge in [0, 0.05) is 37.2 Å². The summed E-state index contributed by atoms with van der Waals surface area (Å²) >= 11 is 0. The lowest BCUT2D eigenvalue weighted by atomic mass is 10.3. The number of carbonyl (C=O) groups is 3. The van der Waals surface area contributed by atoms with Gasteiger partial charge in [0.25, 0.3) is 11.8 Å². The molecule has 8 heteroatoms. The van der Waals surface area contributed by atoms with E-state index in [1.54, 1.807) is 23.4 Å². The SMILES string of the molecule is O=C1C=CC(=O)N1CN(Cc1cccnc1)CN1C(=O)C=CC1O. The molecule has 24 heavy (non-hydrogen) atoms. The Morgan fingerprint density at radius 2 is 1.83 bits per heavy atom. The summed E-state index contributed by atoms with van der Waals surface area (Å²) in [6, 6.07) is 3.63. The van der Waals surface area contributed by atoms with Gasteiger partial charge in [-0.25, -0.2) is 0 Å². The number of amides is 3. The Balaban J connectivity index is 1.74. The fourth-order valence-electron chi connectivity index (χ4n) is 2.53. The topological polar surface area (TPSA) is 94.1 Å². The van der Waals surface area contributed by atoms with Crippen LogP contribution in [0.4, 0.5) is 0 Å². The first-order chi connectivity index (χ1) is 11.5. The molecule has 0 spiro atoms. The molecule has 3 rings (SSSR count). The zero-order valence-electron chi connectivity index (χ0n) is 12.8. The van der Waals surface area contributed by atoms with E-state index in [1.165, 1.54) is 29.2 Å². The third-order valence-corrected chi connectivity index (χ3v) is 3.74. The van der Waals surface area contributed by atoms with Crippen LogP contribution in [0.25, 0.3) is 0 Å². The fourth-order valence-corrected chi connectivity index (χ4v) is 2.53. The molecule has 0 aliphatic carbocycles. The van der Waals surface area contributed by atoms with Crippen molar-refractivity contribution >= 4 is 17.7 Å². The number of aliphatic hydroxyl groups is 1. The van der Waals surface area contributed by atoms with Crippen LogP contribution in [-0.4, -0.2) is 62.1 Å². The monoisotopic (exact) mass is 328 g/mol. The van der Waals surface area contributed by atoms with Crippen LogP contribution in [0.5, 0.6) is 0 Å². The lowest BCUT2D eigenvalue weighted by molar-refractivity contribution is -0.141. The van der Waals surface area contributed by atoms with Crippen LogP contribution in [0, 0.1) is 0 Å². The highest BCUT2D eigenvalue weighted by atomic mass is 16.3. The van der Waals surface area contributed by atoms with Crippen LogP contribution < -0.4 is 0 Å². The Morgan fingerprint density at radius 1 is 1.08 bits per heavy atom. The first-order valence-corrected chi connectivity index (χ1v) is 7.36. The summed E-state index contributed by atoms with van der Waals surface area (Å²) in [5.41, 5.74) is 0.860. The van der Waals surface area contributed by atoms with Crippen LogP contribution >= 0.6 is 0 Å². The Kier molecular flexibility index (Phi) is 4.50. The van der Waals surface area contributed by atoms with E-state index in [0.717, 1.165) is 10.5 Å². The van der Waals surface area contributed by atoms with Crippen molar-refractivity contribution in [1.29, 1.82) is 0 Å². The van der Waals surface area contributed by atoms with Crippen molar-refractivity contribution < 1.29 is 19.5 Å². The molecule has 2 aliphatic heterocycles. The molecule has 1 unspecified atom stereocenters. The average Bonchev–Trinajstić information content (AvgIpc) is 3.06. The zero-order chi connectivity index (χ0) is 17.1. The molecule has 1 atom stereocenters. The summed E-state index contributed by atoms with van der Waals surface area (Å²) in [6.45, 7) is 0.441. The Bertz CT molecular complexity index is 698. The van der Waals surface area contributed by atoms with E-state index in [-0.39, 0.29) is 19.2 Å². The van der Waals surface area contributed by atoms with Gasteiger partial charge in [-0.05, 0) is 17.7 Å². The molecule has 3 heterocycles. The van der Waals surface area contributed by atoms with Crippen LogP contribution in [0.15, 0.2) is 48.8 Å². The fraction of sp³-hybridized carbons (Fsp3) is 0.250. The molecule has 0 bridgehead atoms. The van der Waals surface area contributed by atoms with Crippen molar-refractivity contribution in [3.05, 3.63) is 54.4 Å². The largest absolute Gasteiger partial charge is 0.370 e. The van der Waals surface area contributed by atoms with E-state index in [0.29, 0.717) is 6.54 Å². The van der Waals surface area contributed by atoms with E-state index in [2.05, 4.69) is 4.98 Å². The van der Waals surface area contributed by atoms with Crippen molar-refractivity contribution in [2.24, 2.45) is 0 Å². The minimum absolute atomic E-state index is 0.00998. The third-order valence-electron chi connectivity index (χ3n) is 3.74. The van der Waals surface area contributed by atoms with Crippen molar-refractivity contribution in [3.8, 4) is 0 Å². The summed E-state index contributed by atoms with van der Waals surface area (Å²) in [6.07, 6.45) is 7.39. The molecule has 2 aliphatic rings. The maximum absolute atomic E-state index is 11.8. The molecule has 1 N–H and O–H groups in total. The number of hydrogen-bond acceptors (Lipinski definition) is 6. The predicted octanol–water partition coefficient (Wildman–Crippen LogP) is -0.560. The summed E-state index contributed by atoms with van der Waals surface area (Å²) in [4.78, 5) is 43.4. The number of aliphatic hydroxyl groups excluding tert-OH is 1. The van der Waals surface area contributed by atoms with Crippen molar-refractivity contribution in [3.63, 3.8) is 0 Å². The lowest BCUT2D eigenvalue weighted by Gasteiger charge is -2.32. The highest BCUT2D eigenvalue weighted by Gasteiger charge is 2.29. The Hall–Kier alpha value is -2.84. The van der Waals surface area contributed by atoms with Gasteiger partial charge in [0.15, 0.2) is 0 Å². The normalized spacial score (nSPS) is 20.1. The van der Waals surface area contributed by atoms with E-state index in [4.69, 9.17) is 0 Å². The quantitative estimate of drug-likeness (QED) is 0.704. The van der Waals surface area contributed by atoms with Crippen LogP contribution in [0.2, 0.25) is 0 Å². The predicted molar refractivity (Wildman–Crippen MR) is 82.5 cm³/mol. The van der Waals surface area contributed by atoms with Crippen molar-refractivity contribution in [1.82, 2.24) is 19.7 Å². The smallest absolute Gasteiger partial charge is 0.254 e. The van der Waals surface area contributed by atoms with Gasteiger partial charge in [-0.15, -0.1) is 0 Å². The Labute approximate surface area is 138 Å². The minimum atomic E-state index is -1.02. The number of aromatic nitrogens is 1. The van der Waals surface area contributed by atoms with Crippen LogP contribution in [-0.2, 0) is 20.9 Å². The zero-order valence-corrected chi connectivity index (χ0v) is 12.8. The first-order valence-electron chi connectivity index (χ1n) is 7.36. The van der Waals surface area contributed by atoms with E-state index >= 15 is 0 Å². The average molecular weight is 328 g/mol. The number of hydrogen-bond donors (Lipinski definition) is 1. The van der Waals surface area contributed by atoms with Crippen molar-refractivity contribution in [2.45, 2.75) is 12.8 Å². The van der Waals surface area contributed by atoms with Crippen LogP contribution in [0.1, 0.15) is 5.56 Å². The molecule has 124 valence electrons. The van der Waals surface area contributed by atoms with Gasteiger partial charge in [-0.2, -0.15) is 0 Å². The molecular weight excluding hydrogens is 312 g/mol. The molecule has 0 fully saturated rings. The van der Waals surface area contributed by atoms with E-state index in [9.17, 15) is 19.5 Å². The van der Waals surface area contributed by atoms with Crippen LogP contribution in [0.3, 0.4) is 0 Å². The molecule has 3 amide bonds. The molecule has 0 radical (unpaired) electrons. The third kappa shape index (κ3) is 3.39. The number of pyridine rings is 1. The highest BCUT2D eigenvalue weighted by Crippen LogP contribution is 2.14.